The molecule has 1 fully saturated rings. The molecule has 1 aromatic carbocycles. The predicted octanol–water partition coefficient (Wildman–Crippen LogP) is 1.35. The van der Waals surface area contributed by atoms with Gasteiger partial charge in [0, 0.05) is 5.92 Å². The van der Waals surface area contributed by atoms with Gasteiger partial charge in [-0.3, -0.25) is 4.79 Å². The molecule has 0 aliphatic heterocycles. The molecular formula is C12H15NO3. The Kier molecular flexibility index (Phi) is 2.59. The zero-order valence-electron chi connectivity index (χ0n) is 9.14. The molecule has 0 heterocycles. The molecule has 0 amide bonds. The van der Waals surface area contributed by atoms with Crippen LogP contribution in [-0.4, -0.2) is 23.2 Å². The molecule has 2 rings (SSSR count). The van der Waals surface area contributed by atoms with E-state index in [9.17, 15) is 4.79 Å². The van der Waals surface area contributed by atoms with Gasteiger partial charge in [-0.1, -0.05) is 12.1 Å². The predicted molar refractivity (Wildman–Crippen MR) is 59.5 cm³/mol. The lowest BCUT2D eigenvalue weighted by molar-refractivity contribution is -0.139. The van der Waals surface area contributed by atoms with Crippen LogP contribution < -0.4 is 10.5 Å². The molecule has 0 unspecified atom stereocenters. The van der Waals surface area contributed by atoms with Gasteiger partial charge in [-0.15, -0.1) is 0 Å². The second kappa shape index (κ2) is 3.79. The highest BCUT2D eigenvalue weighted by molar-refractivity contribution is 5.84. The smallest absolute Gasteiger partial charge is 0.324 e. The van der Waals surface area contributed by atoms with Gasteiger partial charge >= 0.3 is 5.97 Å². The fourth-order valence-electron chi connectivity index (χ4n) is 1.89. The minimum atomic E-state index is -1.06. The zero-order valence-corrected chi connectivity index (χ0v) is 9.14. The molecule has 4 heteroatoms. The van der Waals surface area contributed by atoms with Crippen LogP contribution in [-0.2, 0) is 4.79 Å². The number of benzene rings is 1. The van der Waals surface area contributed by atoms with Crippen LogP contribution in [0.3, 0.4) is 0 Å². The van der Waals surface area contributed by atoms with Crippen LogP contribution in [0.25, 0.3) is 0 Å². The molecule has 1 aromatic rings. The number of hydrogen-bond acceptors (Lipinski definition) is 3. The summed E-state index contributed by atoms with van der Waals surface area (Å²) in [6, 6.07) is 7.46. The first-order valence-electron chi connectivity index (χ1n) is 5.33. The summed E-state index contributed by atoms with van der Waals surface area (Å²) in [7, 11) is 0. The number of carboxylic acids is 1. The Labute approximate surface area is 94.0 Å². The lowest BCUT2D eigenvalue weighted by Gasteiger charge is -2.07. The average Bonchev–Trinajstić information content (AvgIpc) is 2.94. The largest absolute Gasteiger partial charge is 0.494 e. The highest BCUT2D eigenvalue weighted by Gasteiger charge is 2.58. The minimum Gasteiger partial charge on any atom is -0.494 e. The summed E-state index contributed by atoms with van der Waals surface area (Å²) in [5.74, 6) is -0.197. The maximum absolute atomic E-state index is 10.9. The molecule has 1 aliphatic carbocycles. The molecule has 0 aromatic heterocycles. The van der Waals surface area contributed by atoms with E-state index in [-0.39, 0.29) is 5.92 Å². The standard InChI is InChI=1S/C12H15NO3/c1-2-16-9-5-3-8(4-6-9)10-7-12(10,13)11(14)15/h3-6,10H,2,7,13H2,1H3,(H,14,15)/t10-,12+/m0/s1. The van der Waals surface area contributed by atoms with Gasteiger partial charge in [0.05, 0.1) is 6.61 Å². The van der Waals surface area contributed by atoms with Crippen molar-refractivity contribution in [1.29, 1.82) is 0 Å². The van der Waals surface area contributed by atoms with Gasteiger partial charge in [0.1, 0.15) is 11.3 Å². The molecule has 3 N–H and O–H groups in total. The number of aliphatic carboxylic acids is 1. The van der Waals surface area contributed by atoms with Crippen molar-refractivity contribution < 1.29 is 14.6 Å². The Bertz CT molecular complexity index is 401. The van der Waals surface area contributed by atoms with E-state index in [2.05, 4.69) is 0 Å². The van der Waals surface area contributed by atoms with Crippen molar-refractivity contribution in [2.45, 2.75) is 24.8 Å². The van der Waals surface area contributed by atoms with Crippen molar-refractivity contribution in [3.05, 3.63) is 29.8 Å². The van der Waals surface area contributed by atoms with Crippen LogP contribution in [0.2, 0.25) is 0 Å². The second-order valence-corrected chi connectivity index (χ2v) is 4.10. The Balaban J connectivity index is 2.10. The van der Waals surface area contributed by atoms with E-state index >= 15 is 0 Å². The molecule has 0 saturated heterocycles. The zero-order chi connectivity index (χ0) is 11.8. The minimum absolute atomic E-state index is 0.0688. The maximum Gasteiger partial charge on any atom is 0.324 e. The van der Waals surface area contributed by atoms with E-state index in [0.717, 1.165) is 11.3 Å². The van der Waals surface area contributed by atoms with Crippen molar-refractivity contribution in [2.75, 3.05) is 6.61 Å². The fraction of sp³-hybridized carbons (Fsp3) is 0.417. The van der Waals surface area contributed by atoms with E-state index in [1.165, 1.54) is 0 Å². The van der Waals surface area contributed by atoms with Crippen LogP contribution in [0.1, 0.15) is 24.8 Å². The third-order valence-electron chi connectivity index (χ3n) is 3.00. The molecule has 0 bridgehead atoms. The molecule has 16 heavy (non-hydrogen) atoms. The Hall–Kier alpha value is -1.55. The molecule has 1 aliphatic rings. The first-order valence-corrected chi connectivity index (χ1v) is 5.33. The van der Waals surface area contributed by atoms with Crippen LogP contribution in [0.15, 0.2) is 24.3 Å². The lowest BCUT2D eigenvalue weighted by Crippen LogP contribution is -2.34. The SMILES string of the molecule is CCOc1ccc([C@@H]2C[C@]2(N)C(=O)O)cc1. The summed E-state index contributed by atoms with van der Waals surface area (Å²) in [5, 5.41) is 8.93. The Morgan fingerprint density at radius 2 is 2.19 bits per heavy atom. The summed E-state index contributed by atoms with van der Waals surface area (Å²) in [4.78, 5) is 10.9. The Morgan fingerprint density at radius 3 is 2.62 bits per heavy atom. The first-order chi connectivity index (χ1) is 7.58. The van der Waals surface area contributed by atoms with Crippen LogP contribution >= 0.6 is 0 Å². The highest BCUT2D eigenvalue weighted by atomic mass is 16.5. The van der Waals surface area contributed by atoms with Crippen molar-refractivity contribution in [3.8, 4) is 5.75 Å². The number of nitrogens with two attached hydrogens (primary N) is 1. The van der Waals surface area contributed by atoms with E-state index < -0.39 is 11.5 Å². The van der Waals surface area contributed by atoms with Crippen LogP contribution in [0.5, 0.6) is 5.75 Å². The van der Waals surface area contributed by atoms with Crippen LogP contribution in [0, 0.1) is 0 Å². The number of carbonyl (C=O) groups is 1. The van der Waals surface area contributed by atoms with Crippen molar-refractivity contribution in [3.63, 3.8) is 0 Å². The third kappa shape index (κ3) is 1.76. The molecular weight excluding hydrogens is 206 g/mol. The van der Waals surface area contributed by atoms with Crippen molar-refractivity contribution in [2.24, 2.45) is 5.73 Å². The molecule has 2 atom stereocenters. The normalized spacial score (nSPS) is 27.5. The summed E-state index contributed by atoms with van der Waals surface area (Å²) < 4.78 is 5.31. The number of rotatable bonds is 4. The second-order valence-electron chi connectivity index (χ2n) is 4.10. The highest BCUT2D eigenvalue weighted by Crippen LogP contribution is 2.49. The summed E-state index contributed by atoms with van der Waals surface area (Å²) in [6.07, 6.45) is 0.510. The van der Waals surface area contributed by atoms with Gasteiger partial charge in [0.25, 0.3) is 0 Å². The quantitative estimate of drug-likeness (QED) is 0.805. The monoisotopic (exact) mass is 221 g/mol. The molecule has 0 radical (unpaired) electrons. The Morgan fingerprint density at radius 1 is 1.56 bits per heavy atom. The molecule has 1 saturated carbocycles. The summed E-state index contributed by atoms with van der Waals surface area (Å²) in [5.41, 5.74) is 5.64. The van der Waals surface area contributed by atoms with Gasteiger partial charge < -0.3 is 15.6 Å². The number of carboxylic acid groups (broad SMARTS) is 1. The average molecular weight is 221 g/mol. The molecule has 86 valence electrons. The van der Waals surface area contributed by atoms with Gasteiger partial charge in [0.2, 0.25) is 0 Å². The topological polar surface area (TPSA) is 72.5 Å². The molecule has 0 spiro atoms. The van der Waals surface area contributed by atoms with Gasteiger partial charge in [-0.05, 0) is 31.0 Å². The number of ether oxygens (including phenoxy) is 1. The lowest BCUT2D eigenvalue weighted by atomic mass is 10.1. The van der Waals surface area contributed by atoms with Gasteiger partial charge in [0.15, 0.2) is 0 Å². The van der Waals surface area contributed by atoms with Crippen molar-refractivity contribution >= 4 is 5.97 Å². The third-order valence-corrected chi connectivity index (χ3v) is 3.00. The van der Waals surface area contributed by atoms with E-state index in [1.54, 1.807) is 0 Å². The van der Waals surface area contributed by atoms with Gasteiger partial charge in [-0.2, -0.15) is 0 Å². The van der Waals surface area contributed by atoms with E-state index in [4.69, 9.17) is 15.6 Å². The van der Waals surface area contributed by atoms with Gasteiger partial charge in [-0.25, -0.2) is 0 Å². The van der Waals surface area contributed by atoms with Crippen molar-refractivity contribution in [1.82, 2.24) is 0 Å². The molecule has 4 nitrogen and oxygen atoms in total. The fourth-order valence-corrected chi connectivity index (χ4v) is 1.89. The summed E-state index contributed by atoms with van der Waals surface area (Å²) >= 11 is 0. The van der Waals surface area contributed by atoms with Crippen LogP contribution in [0.4, 0.5) is 0 Å². The number of hydrogen-bond donors (Lipinski definition) is 2. The van der Waals surface area contributed by atoms with E-state index in [1.807, 2.05) is 31.2 Å². The first kappa shape index (κ1) is 11.0. The summed E-state index contributed by atoms with van der Waals surface area (Å²) in [6.45, 7) is 2.54. The maximum atomic E-state index is 10.9. The van der Waals surface area contributed by atoms with E-state index in [0.29, 0.717) is 13.0 Å².